The van der Waals surface area contributed by atoms with Crippen molar-refractivity contribution in [2.24, 2.45) is 0 Å². The largest absolute Gasteiger partial charge is 0.256 e. The van der Waals surface area contributed by atoms with Crippen molar-refractivity contribution in [3.8, 4) is 22.4 Å². The van der Waals surface area contributed by atoms with Gasteiger partial charge in [0, 0.05) is 17.3 Å². The van der Waals surface area contributed by atoms with E-state index in [2.05, 4.69) is 36.2 Å². The molecule has 3 aromatic rings. The quantitative estimate of drug-likeness (QED) is 0.647. The van der Waals surface area contributed by atoms with E-state index in [1.54, 1.807) is 18.3 Å². The number of aromatic nitrogens is 1. The fourth-order valence-electron chi connectivity index (χ4n) is 2.40. The van der Waals surface area contributed by atoms with Crippen molar-refractivity contribution >= 4 is 0 Å². The van der Waals surface area contributed by atoms with Crippen molar-refractivity contribution < 1.29 is 4.39 Å². The molecule has 104 valence electrons. The summed E-state index contributed by atoms with van der Waals surface area (Å²) in [6, 6.07) is 18.9. The van der Waals surface area contributed by atoms with E-state index in [0.717, 1.165) is 28.8 Å². The zero-order valence-corrected chi connectivity index (χ0v) is 11.9. The lowest BCUT2D eigenvalue weighted by molar-refractivity contribution is 0.628. The number of pyridine rings is 1. The molecule has 1 heterocycles. The number of benzene rings is 2. The van der Waals surface area contributed by atoms with E-state index in [0.29, 0.717) is 0 Å². The first-order chi connectivity index (χ1) is 10.3. The minimum Gasteiger partial charge on any atom is -0.256 e. The lowest BCUT2D eigenvalue weighted by Crippen LogP contribution is -1.89. The van der Waals surface area contributed by atoms with E-state index in [1.807, 2.05) is 12.1 Å². The standard InChI is InChI=1S/C19H16FN/c1-2-14-5-7-15(8-6-14)18-4-3-13-21-19(18)16-9-11-17(20)12-10-16/h3-13H,2H2,1H3. The summed E-state index contributed by atoms with van der Waals surface area (Å²) in [5.74, 6) is -0.233. The van der Waals surface area contributed by atoms with Crippen LogP contribution in [-0.2, 0) is 6.42 Å². The molecule has 0 unspecified atom stereocenters. The van der Waals surface area contributed by atoms with Crippen LogP contribution in [0.5, 0.6) is 0 Å². The second-order valence-corrected chi connectivity index (χ2v) is 4.96. The maximum Gasteiger partial charge on any atom is 0.123 e. The van der Waals surface area contributed by atoms with E-state index < -0.39 is 0 Å². The predicted octanol–water partition coefficient (Wildman–Crippen LogP) is 5.12. The van der Waals surface area contributed by atoms with Crippen LogP contribution >= 0.6 is 0 Å². The molecule has 0 radical (unpaired) electrons. The Morgan fingerprint density at radius 2 is 1.52 bits per heavy atom. The molecule has 0 N–H and O–H groups in total. The molecule has 2 heteroatoms. The molecule has 0 aliphatic rings. The van der Waals surface area contributed by atoms with Gasteiger partial charge in [-0.2, -0.15) is 0 Å². The fraction of sp³-hybridized carbons (Fsp3) is 0.105. The van der Waals surface area contributed by atoms with Gasteiger partial charge in [-0.1, -0.05) is 37.3 Å². The average Bonchev–Trinajstić information content (AvgIpc) is 2.56. The molecule has 0 fully saturated rings. The lowest BCUT2D eigenvalue weighted by Gasteiger charge is -2.09. The number of nitrogens with zero attached hydrogens (tertiary/aromatic N) is 1. The van der Waals surface area contributed by atoms with Gasteiger partial charge in [-0.25, -0.2) is 4.39 Å². The van der Waals surface area contributed by atoms with E-state index in [9.17, 15) is 4.39 Å². The Hall–Kier alpha value is -2.48. The average molecular weight is 277 g/mol. The Morgan fingerprint density at radius 1 is 0.857 bits per heavy atom. The van der Waals surface area contributed by atoms with E-state index >= 15 is 0 Å². The molecule has 1 nitrogen and oxygen atoms in total. The van der Waals surface area contributed by atoms with Gasteiger partial charge >= 0.3 is 0 Å². The highest BCUT2D eigenvalue weighted by molar-refractivity contribution is 5.80. The van der Waals surface area contributed by atoms with Crippen LogP contribution in [0.15, 0.2) is 66.9 Å². The third-order valence-electron chi connectivity index (χ3n) is 3.60. The number of aryl methyl sites for hydroxylation is 1. The summed E-state index contributed by atoms with van der Waals surface area (Å²) in [6.07, 6.45) is 2.79. The summed E-state index contributed by atoms with van der Waals surface area (Å²) in [7, 11) is 0. The zero-order chi connectivity index (χ0) is 14.7. The predicted molar refractivity (Wildman–Crippen MR) is 84.4 cm³/mol. The molecule has 0 bridgehead atoms. The summed E-state index contributed by atoms with van der Waals surface area (Å²) in [5, 5.41) is 0. The van der Waals surface area contributed by atoms with Crippen LogP contribution in [0.25, 0.3) is 22.4 Å². The summed E-state index contributed by atoms with van der Waals surface area (Å²) in [4.78, 5) is 4.48. The second-order valence-electron chi connectivity index (χ2n) is 4.96. The van der Waals surface area contributed by atoms with Gasteiger partial charge in [0.2, 0.25) is 0 Å². The number of rotatable bonds is 3. The van der Waals surface area contributed by atoms with E-state index in [1.165, 1.54) is 17.7 Å². The van der Waals surface area contributed by atoms with Gasteiger partial charge < -0.3 is 0 Å². The Balaban J connectivity index is 2.08. The van der Waals surface area contributed by atoms with Gasteiger partial charge in [-0.05, 0) is 47.9 Å². The summed E-state index contributed by atoms with van der Waals surface area (Å²) in [6.45, 7) is 2.14. The van der Waals surface area contributed by atoms with Crippen LogP contribution in [0.3, 0.4) is 0 Å². The highest BCUT2D eigenvalue weighted by Crippen LogP contribution is 2.30. The maximum atomic E-state index is 13.1. The van der Waals surface area contributed by atoms with Gasteiger partial charge in [-0.3, -0.25) is 4.98 Å². The molecule has 0 amide bonds. The van der Waals surface area contributed by atoms with Crippen molar-refractivity contribution in [1.82, 2.24) is 4.98 Å². The second kappa shape index (κ2) is 5.88. The Kier molecular flexibility index (Phi) is 3.78. The summed E-state index contributed by atoms with van der Waals surface area (Å²) >= 11 is 0. The van der Waals surface area contributed by atoms with Crippen LogP contribution in [0, 0.1) is 5.82 Å². The molecule has 0 spiro atoms. The summed E-state index contributed by atoms with van der Waals surface area (Å²) in [5.41, 5.74) is 5.30. The Bertz CT molecular complexity index is 730. The molecule has 3 rings (SSSR count). The normalized spacial score (nSPS) is 10.6. The topological polar surface area (TPSA) is 12.9 Å². The molecular weight excluding hydrogens is 261 g/mol. The third-order valence-corrected chi connectivity index (χ3v) is 3.60. The van der Waals surface area contributed by atoms with Crippen LogP contribution < -0.4 is 0 Å². The Labute approximate surface area is 124 Å². The van der Waals surface area contributed by atoms with Crippen molar-refractivity contribution in [1.29, 1.82) is 0 Å². The van der Waals surface area contributed by atoms with Crippen LogP contribution in [0.1, 0.15) is 12.5 Å². The lowest BCUT2D eigenvalue weighted by atomic mass is 9.98. The van der Waals surface area contributed by atoms with Gasteiger partial charge in [0.15, 0.2) is 0 Å². The fourth-order valence-corrected chi connectivity index (χ4v) is 2.40. The van der Waals surface area contributed by atoms with E-state index in [-0.39, 0.29) is 5.82 Å². The summed E-state index contributed by atoms with van der Waals surface area (Å²) < 4.78 is 13.1. The first kappa shape index (κ1) is 13.5. The Morgan fingerprint density at radius 3 is 2.19 bits per heavy atom. The SMILES string of the molecule is CCc1ccc(-c2cccnc2-c2ccc(F)cc2)cc1. The highest BCUT2D eigenvalue weighted by Gasteiger charge is 2.08. The molecule has 2 aromatic carbocycles. The van der Waals surface area contributed by atoms with Gasteiger partial charge in [-0.15, -0.1) is 0 Å². The minimum absolute atomic E-state index is 0.233. The van der Waals surface area contributed by atoms with E-state index in [4.69, 9.17) is 0 Å². The molecular formula is C19H16FN. The smallest absolute Gasteiger partial charge is 0.123 e. The first-order valence-corrected chi connectivity index (χ1v) is 7.08. The molecule has 0 atom stereocenters. The monoisotopic (exact) mass is 277 g/mol. The number of hydrogen-bond donors (Lipinski definition) is 0. The van der Waals surface area contributed by atoms with Crippen molar-refractivity contribution in [3.05, 3.63) is 78.2 Å². The molecule has 1 aromatic heterocycles. The third kappa shape index (κ3) is 2.84. The minimum atomic E-state index is -0.233. The van der Waals surface area contributed by atoms with Crippen molar-refractivity contribution in [3.63, 3.8) is 0 Å². The van der Waals surface area contributed by atoms with Crippen molar-refractivity contribution in [2.75, 3.05) is 0 Å². The molecule has 21 heavy (non-hydrogen) atoms. The molecule has 0 aliphatic carbocycles. The maximum absolute atomic E-state index is 13.1. The number of hydrogen-bond acceptors (Lipinski definition) is 1. The van der Waals surface area contributed by atoms with Gasteiger partial charge in [0.25, 0.3) is 0 Å². The number of halogens is 1. The first-order valence-electron chi connectivity index (χ1n) is 7.08. The van der Waals surface area contributed by atoms with Crippen molar-refractivity contribution in [2.45, 2.75) is 13.3 Å². The zero-order valence-electron chi connectivity index (χ0n) is 11.9. The van der Waals surface area contributed by atoms with Gasteiger partial charge in [0.1, 0.15) is 5.82 Å². The molecule has 0 saturated carbocycles. The van der Waals surface area contributed by atoms with Gasteiger partial charge in [0.05, 0.1) is 5.69 Å². The molecule has 0 saturated heterocycles. The highest BCUT2D eigenvalue weighted by atomic mass is 19.1. The van der Waals surface area contributed by atoms with Crippen LogP contribution in [-0.4, -0.2) is 4.98 Å². The molecule has 0 aliphatic heterocycles. The van der Waals surface area contributed by atoms with Crippen LogP contribution in [0.2, 0.25) is 0 Å². The van der Waals surface area contributed by atoms with Crippen LogP contribution in [0.4, 0.5) is 4.39 Å².